The number of nitrogen functional groups attached to an aromatic ring is 1. The zero-order chi connectivity index (χ0) is 26.4. The van der Waals surface area contributed by atoms with E-state index in [-0.39, 0.29) is 52.4 Å². The number of amides is 1. The Morgan fingerprint density at radius 3 is 2.57 bits per heavy atom. The molecule has 0 spiro atoms. The molecule has 3 N–H and O–H groups in total. The molecule has 37 heavy (non-hydrogen) atoms. The van der Waals surface area contributed by atoms with E-state index in [4.69, 9.17) is 31.5 Å². The number of halogens is 1. The number of pyridine rings is 1. The number of anilines is 1. The zero-order valence-electron chi connectivity index (χ0n) is 21.9. The predicted molar refractivity (Wildman–Crippen MR) is 141 cm³/mol. The fourth-order valence-corrected chi connectivity index (χ4v) is 5.84. The fourth-order valence-electron chi connectivity index (χ4n) is 5.69. The van der Waals surface area contributed by atoms with Gasteiger partial charge in [-0.05, 0) is 63.7 Å². The number of methoxy groups -OCH3 is 2. The minimum absolute atomic E-state index is 0.0519. The normalized spacial score (nSPS) is 27.6. The predicted octanol–water partition coefficient (Wildman–Crippen LogP) is 2.34. The molecule has 4 fully saturated rings. The molecule has 0 aromatic carbocycles. The molecule has 0 saturated carbocycles. The van der Waals surface area contributed by atoms with Crippen LogP contribution in [-0.4, -0.2) is 98.4 Å². The van der Waals surface area contributed by atoms with Crippen LogP contribution in [-0.2, 0) is 14.3 Å². The molecular weight excluding hydrogens is 498 g/mol. The average molecular weight is 538 g/mol. The van der Waals surface area contributed by atoms with Crippen LogP contribution in [0.15, 0.2) is 6.07 Å². The van der Waals surface area contributed by atoms with Crippen LogP contribution < -0.4 is 15.8 Å². The van der Waals surface area contributed by atoms with Crippen LogP contribution in [0.3, 0.4) is 0 Å². The van der Waals surface area contributed by atoms with Crippen LogP contribution in [0.25, 0.3) is 0 Å². The van der Waals surface area contributed by atoms with Gasteiger partial charge in [-0.2, -0.15) is 4.98 Å². The summed E-state index contributed by atoms with van der Waals surface area (Å²) in [6.07, 6.45) is 6.35. The van der Waals surface area contributed by atoms with Crippen molar-refractivity contribution in [3.63, 3.8) is 0 Å². The summed E-state index contributed by atoms with van der Waals surface area (Å²) in [6.45, 7) is 5.71. The number of nitrogens with two attached hydrogens (primary N) is 1. The summed E-state index contributed by atoms with van der Waals surface area (Å²) >= 11 is 6.07. The maximum atomic E-state index is 12.9. The number of carbonyl (C=O) groups is 2. The maximum Gasteiger partial charge on any atom is 0.306 e. The molecule has 3 atom stereocenters. The first-order valence-electron chi connectivity index (χ1n) is 13.4. The summed E-state index contributed by atoms with van der Waals surface area (Å²) in [5, 5.41) is 3.25. The molecule has 11 heteroatoms. The SMILES string of the molecule is COc1nc(N)c(Cl)cc1C(=O)NC1CCN(CCCCCC(=O)OC2CN3CCC2CC3)CC1OC. The lowest BCUT2D eigenvalue weighted by Gasteiger charge is -2.43. The molecule has 206 valence electrons. The summed E-state index contributed by atoms with van der Waals surface area (Å²) < 4.78 is 16.7. The van der Waals surface area contributed by atoms with Crippen molar-refractivity contribution in [3.8, 4) is 5.88 Å². The molecule has 1 aromatic rings. The molecule has 3 unspecified atom stereocenters. The molecule has 0 radical (unpaired) electrons. The minimum atomic E-state index is -0.322. The van der Waals surface area contributed by atoms with Gasteiger partial charge in [0.05, 0.1) is 24.3 Å². The van der Waals surface area contributed by atoms with Gasteiger partial charge >= 0.3 is 5.97 Å². The van der Waals surface area contributed by atoms with Crippen LogP contribution in [0.1, 0.15) is 55.3 Å². The van der Waals surface area contributed by atoms with Gasteiger partial charge in [0.2, 0.25) is 5.88 Å². The van der Waals surface area contributed by atoms with Gasteiger partial charge in [-0.25, -0.2) is 0 Å². The van der Waals surface area contributed by atoms with Crippen molar-refractivity contribution in [2.24, 2.45) is 5.92 Å². The lowest BCUT2D eigenvalue weighted by Crippen LogP contribution is -2.54. The van der Waals surface area contributed by atoms with Crippen LogP contribution in [0.2, 0.25) is 5.02 Å². The number of piperidine rings is 4. The highest BCUT2D eigenvalue weighted by Gasteiger charge is 2.36. The minimum Gasteiger partial charge on any atom is -0.480 e. The third kappa shape index (κ3) is 7.25. The number of nitrogens with one attached hydrogen (secondary N) is 1. The summed E-state index contributed by atoms with van der Waals surface area (Å²) in [5.74, 6) is 0.432. The second-order valence-electron chi connectivity index (χ2n) is 10.3. The number of hydrogen-bond donors (Lipinski definition) is 2. The molecular formula is C26H40ClN5O5. The smallest absolute Gasteiger partial charge is 0.306 e. The monoisotopic (exact) mass is 537 g/mol. The van der Waals surface area contributed by atoms with Crippen molar-refractivity contribution < 1.29 is 23.8 Å². The lowest BCUT2D eigenvalue weighted by molar-refractivity contribution is -0.158. The maximum absolute atomic E-state index is 12.9. The van der Waals surface area contributed by atoms with Gasteiger partial charge in [-0.15, -0.1) is 0 Å². The number of rotatable bonds is 11. The summed E-state index contributed by atoms with van der Waals surface area (Å²) in [7, 11) is 3.10. The Bertz CT molecular complexity index is 942. The standard InChI is InChI=1S/C26H40ClN5O5/c1-35-22-16-31(10-5-3-4-6-23(33)37-21-15-32-11-7-17(21)8-12-32)13-9-20(22)29-25(34)18-14-19(27)24(28)30-26(18)36-2/h14,17,20-22H,3-13,15-16H2,1-2H3,(H2,28,30)(H,29,34). The van der Waals surface area contributed by atoms with Crippen molar-refractivity contribution in [2.75, 3.05) is 59.2 Å². The summed E-state index contributed by atoms with van der Waals surface area (Å²) in [6, 6.07) is 1.33. The zero-order valence-corrected chi connectivity index (χ0v) is 22.7. The van der Waals surface area contributed by atoms with E-state index < -0.39 is 0 Å². The van der Waals surface area contributed by atoms with Crippen molar-refractivity contribution >= 4 is 29.3 Å². The van der Waals surface area contributed by atoms with E-state index in [0.717, 1.165) is 77.8 Å². The highest BCUT2D eigenvalue weighted by atomic mass is 35.5. The Balaban J connectivity index is 1.15. The van der Waals surface area contributed by atoms with E-state index in [0.29, 0.717) is 12.3 Å². The summed E-state index contributed by atoms with van der Waals surface area (Å²) in [4.78, 5) is 34.0. The second-order valence-corrected chi connectivity index (χ2v) is 10.7. The first-order valence-corrected chi connectivity index (χ1v) is 13.7. The van der Waals surface area contributed by atoms with Crippen LogP contribution in [0.5, 0.6) is 5.88 Å². The Kier molecular flexibility index (Phi) is 9.86. The van der Waals surface area contributed by atoms with E-state index >= 15 is 0 Å². The van der Waals surface area contributed by atoms with E-state index in [2.05, 4.69) is 20.1 Å². The number of nitrogens with zero attached hydrogens (tertiary/aromatic N) is 3. The van der Waals surface area contributed by atoms with Crippen molar-refractivity contribution in [3.05, 3.63) is 16.7 Å². The molecule has 1 amide bonds. The molecule has 1 aromatic heterocycles. The topological polar surface area (TPSA) is 119 Å². The Morgan fingerprint density at radius 1 is 1.11 bits per heavy atom. The number of esters is 1. The van der Waals surface area contributed by atoms with Crippen LogP contribution in [0.4, 0.5) is 5.82 Å². The van der Waals surface area contributed by atoms with E-state index in [1.54, 1.807) is 7.11 Å². The molecule has 0 aliphatic carbocycles. The van der Waals surface area contributed by atoms with Gasteiger partial charge < -0.3 is 30.2 Å². The van der Waals surface area contributed by atoms with Gasteiger partial charge in [0.15, 0.2) is 0 Å². The number of likely N-dealkylation sites (tertiary alicyclic amines) is 1. The number of aromatic nitrogens is 1. The Morgan fingerprint density at radius 2 is 1.89 bits per heavy atom. The van der Waals surface area contributed by atoms with E-state index in [1.165, 1.54) is 13.2 Å². The van der Waals surface area contributed by atoms with Crippen molar-refractivity contribution in [2.45, 2.75) is 63.2 Å². The van der Waals surface area contributed by atoms with E-state index in [9.17, 15) is 9.59 Å². The molecule has 4 aliphatic rings. The molecule has 2 bridgehead atoms. The van der Waals surface area contributed by atoms with Gasteiger partial charge in [-0.3, -0.25) is 14.5 Å². The molecule has 5 rings (SSSR count). The number of carbonyl (C=O) groups excluding carboxylic acids is 2. The molecule has 5 heterocycles. The molecule has 4 aliphatic heterocycles. The Labute approximate surface area is 224 Å². The molecule has 10 nitrogen and oxygen atoms in total. The van der Waals surface area contributed by atoms with Gasteiger partial charge in [0, 0.05) is 33.2 Å². The number of hydrogen-bond acceptors (Lipinski definition) is 9. The second kappa shape index (κ2) is 13.1. The highest BCUT2D eigenvalue weighted by Crippen LogP contribution is 2.30. The van der Waals surface area contributed by atoms with E-state index in [1.807, 2.05) is 0 Å². The first kappa shape index (κ1) is 27.9. The number of ether oxygens (including phenoxy) is 3. The lowest BCUT2D eigenvalue weighted by atomic mass is 9.86. The van der Waals surface area contributed by atoms with Crippen LogP contribution >= 0.6 is 11.6 Å². The quantitative estimate of drug-likeness (QED) is 0.324. The Hall–Kier alpha value is -2.14. The first-order chi connectivity index (χ1) is 17.9. The third-order valence-corrected chi connectivity index (χ3v) is 8.21. The van der Waals surface area contributed by atoms with Gasteiger partial charge in [-0.1, -0.05) is 18.0 Å². The average Bonchev–Trinajstić information content (AvgIpc) is 2.91. The fraction of sp³-hybridized carbons (Fsp3) is 0.731. The van der Waals surface area contributed by atoms with Gasteiger partial charge in [0.25, 0.3) is 5.91 Å². The summed E-state index contributed by atoms with van der Waals surface area (Å²) in [5.41, 5.74) is 5.97. The third-order valence-electron chi connectivity index (χ3n) is 7.90. The largest absolute Gasteiger partial charge is 0.480 e. The number of unbranched alkanes of at least 4 members (excludes halogenated alkanes) is 2. The van der Waals surface area contributed by atoms with Gasteiger partial charge in [0.1, 0.15) is 17.5 Å². The van der Waals surface area contributed by atoms with Crippen molar-refractivity contribution in [1.82, 2.24) is 20.1 Å². The van der Waals surface area contributed by atoms with Crippen molar-refractivity contribution in [1.29, 1.82) is 0 Å². The number of fused-ring (bicyclic) bond motifs is 3. The highest BCUT2D eigenvalue weighted by molar-refractivity contribution is 6.33. The van der Waals surface area contributed by atoms with Crippen LogP contribution in [0, 0.1) is 5.92 Å². The molecule has 4 saturated heterocycles.